The summed E-state index contributed by atoms with van der Waals surface area (Å²) >= 11 is 0. The number of hydrogen-bond donors (Lipinski definition) is 0. The van der Waals surface area contributed by atoms with E-state index in [0.29, 0.717) is 31.3 Å². The Kier molecular flexibility index (Phi) is 9.84. The van der Waals surface area contributed by atoms with Crippen LogP contribution in [0.3, 0.4) is 0 Å². The van der Waals surface area contributed by atoms with E-state index in [1.54, 1.807) is 0 Å². The highest BCUT2D eigenvalue weighted by atomic mass is 31.1. The lowest BCUT2D eigenvalue weighted by Gasteiger charge is -2.19. The van der Waals surface area contributed by atoms with Gasteiger partial charge in [-0.1, -0.05) is 26.8 Å². The minimum atomic E-state index is -0.0840. The van der Waals surface area contributed by atoms with Crippen LogP contribution in [-0.4, -0.2) is 25.3 Å². The van der Waals surface area contributed by atoms with Gasteiger partial charge in [-0.05, 0) is 77.8 Å². The number of ether oxygens (including phenoxy) is 3. The van der Waals surface area contributed by atoms with Crippen molar-refractivity contribution in [2.75, 3.05) is 19.8 Å². The van der Waals surface area contributed by atoms with Gasteiger partial charge < -0.3 is 14.2 Å². The molecule has 0 spiro atoms. The molecule has 0 saturated carbocycles. The maximum atomic E-state index is 13.5. The summed E-state index contributed by atoms with van der Waals surface area (Å²) in [6.07, 6.45) is 2.69. The Hall–Kier alpha value is -2.06. The standard InChI is InChI=1S/C26H37O4P/c1-8-11-28-21-15-22(29-12-9-2)25(23(16-21)30-13-10-3)31-26(27)24-18(5)14-17(4)19(6)20(24)7/h14-16,31H,8-13H2,1-7H3. The van der Waals surface area contributed by atoms with Crippen molar-refractivity contribution in [2.24, 2.45) is 0 Å². The normalized spacial score (nSPS) is 11.2. The topological polar surface area (TPSA) is 44.8 Å². The summed E-state index contributed by atoms with van der Waals surface area (Å²) in [7, 11) is -0.0840. The number of aryl methyl sites for hydroxylation is 2. The largest absolute Gasteiger partial charge is 0.493 e. The van der Waals surface area contributed by atoms with E-state index in [0.717, 1.165) is 47.0 Å². The first-order valence-corrected chi connectivity index (χ1v) is 12.3. The van der Waals surface area contributed by atoms with Gasteiger partial charge in [0.05, 0.1) is 25.1 Å². The van der Waals surface area contributed by atoms with E-state index in [1.807, 2.05) is 26.0 Å². The minimum absolute atomic E-state index is 0.0840. The lowest BCUT2D eigenvalue weighted by Crippen LogP contribution is -2.14. The second-order valence-corrected chi connectivity index (χ2v) is 9.13. The third-order valence-corrected chi connectivity index (χ3v) is 6.48. The molecule has 0 heterocycles. The minimum Gasteiger partial charge on any atom is -0.493 e. The van der Waals surface area contributed by atoms with Crippen molar-refractivity contribution in [1.82, 2.24) is 0 Å². The molecule has 0 radical (unpaired) electrons. The highest BCUT2D eigenvalue weighted by Crippen LogP contribution is 2.36. The summed E-state index contributed by atoms with van der Waals surface area (Å²) < 4.78 is 18.0. The Labute approximate surface area is 189 Å². The summed E-state index contributed by atoms with van der Waals surface area (Å²) in [5, 5.41) is 0.827. The van der Waals surface area contributed by atoms with Gasteiger partial charge in [-0.2, -0.15) is 0 Å². The molecule has 0 N–H and O–H groups in total. The van der Waals surface area contributed by atoms with Crippen molar-refractivity contribution < 1.29 is 19.0 Å². The van der Waals surface area contributed by atoms with Crippen molar-refractivity contribution in [1.29, 1.82) is 0 Å². The van der Waals surface area contributed by atoms with Crippen LogP contribution in [0.2, 0.25) is 0 Å². The lowest BCUT2D eigenvalue weighted by atomic mass is 9.95. The third-order valence-electron chi connectivity index (χ3n) is 5.26. The van der Waals surface area contributed by atoms with Gasteiger partial charge >= 0.3 is 0 Å². The van der Waals surface area contributed by atoms with Crippen LogP contribution < -0.4 is 19.5 Å². The molecule has 2 rings (SSSR count). The summed E-state index contributed by atoms with van der Waals surface area (Å²) in [5.74, 6) is 2.10. The maximum absolute atomic E-state index is 13.5. The van der Waals surface area contributed by atoms with Gasteiger partial charge in [-0.15, -0.1) is 0 Å². The SMILES string of the molecule is CCCOc1cc(OCCC)c(PC(=O)c2c(C)cc(C)c(C)c2C)c(OCCC)c1. The molecule has 0 aromatic heterocycles. The van der Waals surface area contributed by atoms with E-state index >= 15 is 0 Å². The van der Waals surface area contributed by atoms with Gasteiger partial charge in [-0.3, -0.25) is 4.79 Å². The molecule has 1 unspecified atom stereocenters. The molecule has 0 aliphatic rings. The molecule has 0 amide bonds. The fraction of sp³-hybridized carbons (Fsp3) is 0.500. The Morgan fingerprint density at radius 1 is 0.742 bits per heavy atom. The highest BCUT2D eigenvalue weighted by Gasteiger charge is 2.22. The van der Waals surface area contributed by atoms with Gasteiger partial charge in [0.15, 0.2) is 5.52 Å². The van der Waals surface area contributed by atoms with E-state index in [4.69, 9.17) is 14.2 Å². The Bertz CT molecular complexity index is 876. The lowest BCUT2D eigenvalue weighted by molar-refractivity contribution is 0.108. The van der Waals surface area contributed by atoms with Crippen molar-refractivity contribution in [3.8, 4) is 17.2 Å². The zero-order chi connectivity index (χ0) is 23.0. The van der Waals surface area contributed by atoms with Crippen LogP contribution in [0, 0.1) is 27.7 Å². The zero-order valence-electron chi connectivity index (χ0n) is 20.1. The van der Waals surface area contributed by atoms with E-state index in [1.165, 1.54) is 11.1 Å². The summed E-state index contributed by atoms with van der Waals surface area (Å²) in [4.78, 5) is 13.5. The molecule has 31 heavy (non-hydrogen) atoms. The molecule has 0 aliphatic carbocycles. The van der Waals surface area contributed by atoms with Crippen LogP contribution in [0.1, 0.15) is 72.6 Å². The average molecular weight is 445 g/mol. The summed E-state index contributed by atoms with van der Waals surface area (Å²) in [5.41, 5.74) is 5.40. The number of rotatable bonds is 12. The quantitative estimate of drug-likeness (QED) is 0.354. The molecule has 1 atom stereocenters. The van der Waals surface area contributed by atoms with Gasteiger partial charge in [0.25, 0.3) is 0 Å². The molecule has 0 aliphatic heterocycles. The number of hydrogen-bond acceptors (Lipinski definition) is 4. The Morgan fingerprint density at radius 3 is 1.77 bits per heavy atom. The second-order valence-electron chi connectivity index (χ2n) is 7.93. The van der Waals surface area contributed by atoms with Crippen LogP contribution in [0.5, 0.6) is 17.2 Å². The van der Waals surface area contributed by atoms with Crippen LogP contribution in [-0.2, 0) is 0 Å². The van der Waals surface area contributed by atoms with Crippen molar-refractivity contribution in [3.05, 3.63) is 46.0 Å². The molecule has 2 aromatic rings. The van der Waals surface area contributed by atoms with Gasteiger partial charge in [-0.25, -0.2) is 0 Å². The molecule has 0 saturated heterocycles. The molecular weight excluding hydrogens is 407 g/mol. The zero-order valence-corrected chi connectivity index (χ0v) is 21.1. The molecule has 5 heteroatoms. The summed E-state index contributed by atoms with van der Waals surface area (Å²) in [6, 6.07) is 5.91. The molecule has 0 bridgehead atoms. The first-order valence-electron chi connectivity index (χ1n) is 11.3. The average Bonchev–Trinajstić information content (AvgIpc) is 2.74. The van der Waals surface area contributed by atoms with Crippen molar-refractivity contribution in [2.45, 2.75) is 67.7 Å². The fourth-order valence-corrected chi connectivity index (χ4v) is 4.73. The summed E-state index contributed by atoms with van der Waals surface area (Å²) in [6.45, 7) is 16.2. The molecule has 2 aromatic carbocycles. The predicted octanol–water partition coefficient (Wildman–Crippen LogP) is 6.43. The first kappa shape index (κ1) is 25.2. The van der Waals surface area contributed by atoms with Crippen LogP contribution in [0.25, 0.3) is 0 Å². The van der Waals surface area contributed by atoms with E-state index in [9.17, 15) is 4.79 Å². The van der Waals surface area contributed by atoms with Crippen molar-refractivity contribution >= 4 is 19.4 Å². The molecule has 4 nitrogen and oxygen atoms in total. The number of benzene rings is 2. The second kappa shape index (κ2) is 12.1. The number of carbonyl (C=O) groups is 1. The van der Waals surface area contributed by atoms with Gasteiger partial charge in [0.2, 0.25) is 0 Å². The van der Waals surface area contributed by atoms with Crippen LogP contribution >= 0.6 is 8.58 Å². The van der Waals surface area contributed by atoms with E-state index in [-0.39, 0.29) is 14.1 Å². The van der Waals surface area contributed by atoms with Gasteiger partial charge in [0.1, 0.15) is 17.2 Å². The molecular formula is C26H37O4P. The number of carbonyl (C=O) groups excluding carboxylic acids is 1. The molecule has 0 fully saturated rings. The monoisotopic (exact) mass is 444 g/mol. The van der Waals surface area contributed by atoms with E-state index < -0.39 is 0 Å². The van der Waals surface area contributed by atoms with Crippen LogP contribution in [0.4, 0.5) is 0 Å². The van der Waals surface area contributed by atoms with Gasteiger partial charge in [0, 0.05) is 17.7 Å². The Balaban J connectivity index is 2.51. The van der Waals surface area contributed by atoms with Crippen molar-refractivity contribution in [3.63, 3.8) is 0 Å². The van der Waals surface area contributed by atoms with Crippen LogP contribution in [0.15, 0.2) is 18.2 Å². The third kappa shape index (κ3) is 6.46. The predicted molar refractivity (Wildman–Crippen MR) is 131 cm³/mol. The maximum Gasteiger partial charge on any atom is 0.186 e. The Morgan fingerprint density at radius 2 is 1.26 bits per heavy atom. The fourth-order valence-electron chi connectivity index (χ4n) is 3.45. The van der Waals surface area contributed by atoms with E-state index in [2.05, 4.69) is 40.7 Å². The highest BCUT2D eigenvalue weighted by molar-refractivity contribution is 7.66. The first-order chi connectivity index (χ1) is 14.8. The smallest absolute Gasteiger partial charge is 0.186 e. The molecule has 170 valence electrons.